The van der Waals surface area contributed by atoms with Crippen molar-refractivity contribution in [1.29, 1.82) is 0 Å². The summed E-state index contributed by atoms with van der Waals surface area (Å²) in [7, 11) is 0. The second-order valence-corrected chi connectivity index (χ2v) is 4.48. The van der Waals surface area contributed by atoms with Crippen LogP contribution in [0.1, 0.15) is 13.3 Å². The zero-order chi connectivity index (χ0) is 12.4. The molecule has 4 nitrogen and oxygen atoms in total. The molecule has 1 amide bonds. The second-order valence-electron chi connectivity index (χ2n) is 3.65. The lowest BCUT2D eigenvalue weighted by molar-refractivity contribution is -0.124. The highest BCUT2D eigenvalue weighted by Gasteiger charge is 2.24. The van der Waals surface area contributed by atoms with Crippen LogP contribution in [-0.4, -0.2) is 21.7 Å². The third-order valence-electron chi connectivity index (χ3n) is 2.20. The summed E-state index contributed by atoms with van der Waals surface area (Å²) >= 11 is 10.9. The standard InChI is InChI=1S/C11H10ClN3OS/c1-7-6-10(16)15(14-7)11(17)13-9-4-2-8(12)3-5-9/h2-5H,6H2,1H3,(H,13,17). The number of thiocarbonyl (C=S) groups is 1. The maximum atomic E-state index is 11.5. The molecule has 1 aliphatic rings. The van der Waals surface area contributed by atoms with E-state index in [1.807, 2.05) is 0 Å². The minimum Gasteiger partial charge on any atom is -0.331 e. The Morgan fingerprint density at radius 1 is 1.47 bits per heavy atom. The lowest BCUT2D eigenvalue weighted by atomic mass is 10.3. The summed E-state index contributed by atoms with van der Waals surface area (Å²) in [5.41, 5.74) is 1.53. The Balaban J connectivity index is 2.07. The number of benzene rings is 1. The molecule has 0 atom stereocenters. The van der Waals surface area contributed by atoms with Gasteiger partial charge in [0.05, 0.1) is 6.42 Å². The lowest BCUT2D eigenvalue weighted by Crippen LogP contribution is -2.32. The van der Waals surface area contributed by atoms with E-state index in [9.17, 15) is 4.79 Å². The lowest BCUT2D eigenvalue weighted by Gasteiger charge is -2.14. The molecule has 2 rings (SSSR count). The largest absolute Gasteiger partial charge is 0.331 e. The van der Waals surface area contributed by atoms with Crippen molar-refractivity contribution in [3.63, 3.8) is 0 Å². The highest BCUT2D eigenvalue weighted by atomic mass is 35.5. The first kappa shape index (κ1) is 12.0. The number of anilines is 1. The molecule has 0 radical (unpaired) electrons. The van der Waals surface area contributed by atoms with Crippen LogP contribution in [0.15, 0.2) is 29.4 Å². The molecule has 0 saturated carbocycles. The topological polar surface area (TPSA) is 44.7 Å². The van der Waals surface area contributed by atoms with Gasteiger partial charge in [0, 0.05) is 16.4 Å². The predicted molar refractivity (Wildman–Crippen MR) is 72.2 cm³/mol. The molecule has 1 aliphatic heterocycles. The van der Waals surface area contributed by atoms with E-state index in [0.29, 0.717) is 11.4 Å². The summed E-state index contributed by atoms with van der Waals surface area (Å²) < 4.78 is 0. The van der Waals surface area contributed by atoms with Crippen LogP contribution in [-0.2, 0) is 4.79 Å². The van der Waals surface area contributed by atoms with E-state index in [1.54, 1.807) is 31.2 Å². The van der Waals surface area contributed by atoms with Crippen molar-refractivity contribution < 1.29 is 4.79 Å². The molecule has 1 aromatic rings. The van der Waals surface area contributed by atoms with Gasteiger partial charge in [-0.2, -0.15) is 10.1 Å². The average Bonchev–Trinajstić information content (AvgIpc) is 2.61. The molecule has 0 aliphatic carbocycles. The SMILES string of the molecule is CC1=NN(C(=S)Nc2ccc(Cl)cc2)C(=O)C1. The molecule has 88 valence electrons. The molecule has 0 saturated heterocycles. The van der Waals surface area contributed by atoms with Crippen LogP contribution in [0, 0.1) is 0 Å². The van der Waals surface area contributed by atoms with Gasteiger partial charge in [0.2, 0.25) is 5.11 Å². The van der Waals surface area contributed by atoms with E-state index >= 15 is 0 Å². The Morgan fingerprint density at radius 3 is 2.65 bits per heavy atom. The van der Waals surface area contributed by atoms with Gasteiger partial charge in [-0.3, -0.25) is 4.79 Å². The van der Waals surface area contributed by atoms with Crippen LogP contribution < -0.4 is 5.32 Å². The number of rotatable bonds is 1. The Bertz CT molecular complexity index is 498. The summed E-state index contributed by atoms with van der Waals surface area (Å²) in [6.45, 7) is 1.79. The van der Waals surface area contributed by atoms with Crippen LogP contribution in [0.4, 0.5) is 5.69 Å². The number of nitrogens with one attached hydrogen (secondary N) is 1. The molecule has 6 heteroatoms. The molecule has 0 bridgehead atoms. The Hall–Kier alpha value is -1.46. The van der Waals surface area contributed by atoms with Crippen molar-refractivity contribution in [2.45, 2.75) is 13.3 Å². The molecular formula is C11H10ClN3OS. The van der Waals surface area contributed by atoms with E-state index in [4.69, 9.17) is 23.8 Å². The van der Waals surface area contributed by atoms with E-state index in [2.05, 4.69) is 10.4 Å². The Kier molecular flexibility index (Phi) is 3.40. The zero-order valence-corrected chi connectivity index (χ0v) is 10.7. The maximum Gasteiger partial charge on any atom is 0.255 e. The monoisotopic (exact) mass is 267 g/mol. The first-order valence-electron chi connectivity index (χ1n) is 5.00. The number of carbonyl (C=O) groups excluding carboxylic acids is 1. The second kappa shape index (κ2) is 4.81. The van der Waals surface area contributed by atoms with Gasteiger partial charge in [0.25, 0.3) is 5.91 Å². The van der Waals surface area contributed by atoms with Gasteiger partial charge < -0.3 is 5.32 Å². The van der Waals surface area contributed by atoms with Gasteiger partial charge in [-0.15, -0.1) is 0 Å². The minimum atomic E-state index is -0.117. The fraction of sp³-hybridized carbons (Fsp3) is 0.182. The van der Waals surface area contributed by atoms with E-state index in [0.717, 1.165) is 11.4 Å². The van der Waals surface area contributed by atoms with E-state index in [-0.39, 0.29) is 11.0 Å². The predicted octanol–water partition coefficient (Wildman–Crippen LogP) is 2.65. The summed E-state index contributed by atoms with van der Waals surface area (Å²) in [4.78, 5) is 11.5. The van der Waals surface area contributed by atoms with Crippen molar-refractivity contribution in [2.24, 2.45) is 5.10 Å². The molecular weight excluding hydrogens is 258 g/mol. The number of hydrazone groups is 1. The summed E-state index contributed by atoms with van der Waals surface area (Å²) in [6.07, 6.45) is 0.322. The third-order valence-corrected chi connectivity index (χ3v) is 2.73. The number of amides is 1. The number of hydrogen-bond donors (Lipinski definition) is 1. The van der Waals surface area contributed by atoms with Gasteiger partial charge in [0.15, 0.2) is 0 Å². The molecule has 17 heavy (non-hydrogen) atoms. The zero-order valence-electron chi connectivity index (χ0n) is 9.11. The average molecular weight is 268 g/mol. The quantitative estimate of drug-likeness (QED) is 0.796. The van der Waals surface area contributed by atoms with Gasteiger partial charge >= 0.3 is 0 Å². The highest BCUT2D eigenvalue weighted by molar-refractivity contribution is 7.80. The minimum absolute atomic E-state index is 0.117. The molecule has 0 spiro atoms. The van der Waals surface area contributed by atoms with Crippen molar-refractivity contribution >= 4 is 46.2 Å². The summed E-state index contributed by atoms with van der Waals surface area (Å²) in [5, 5.41) is 9.11. The number of hydrogen-bond acceptors (Lipinski definition) is 3. The number of halogens is 1. The van der Waals surface area contributed by atoms with E-state index < -0.39 is 0 Å². The normalized spacial score (nSPS) is 14.8. The third kappa shape index (κ3) is 2.81. The molecule has 1 aromatic carbocycles. The van der Waals surface area contributed by atoms with Crippen LogP contribution in [0.25, 0.3) is 0 Å². The smallest absolute Gasteiger partial charge is 0.255 e. The molecule has 0 unspecified atom stereocenters. The van der Waals surface area contributed by atoms with Crippen LogP contribution in [0.3, 0.4) is 0 Å². The van der Waals surface area contributed by atoms with Gasteiger partial charge in [0.1, 0.15) is 0 Å². The summed E-state index contributed by atoms with van der Waals surface area (Å²) in [6, 6.07) is 7.05. The number of nitrogens with zero attached hydrogens (tertiary/aromatic N) is 2. The molecule has 1 N–H and O–H groups in total. The fourth-order valence-electron chi connectivity index (χ4n) is 1.42. The highest BCUT2D eigenvalue weighted by Crippen LogP contribution is 2.15. The van der Waals surface area contributed by atoms with Crippen molar-refractivity contribution in [1.82, 2.24) is 5.01 Å². The number of carbonyl (C=O) groups is 1. The molecule has 1 heterocycles. The van der Waals surface area contributed by atoms with Gasteiger partial charge in [-0.25, -0.2) is 0 Å². The van der Waals surface area contributed by atoms with Crippen LogP contribution >= 0.6 is 23.8 Å². The van der Waals surface area contributed by atoms with Crippen LogP contribution in [0.2, 0.25) is 5.02 Å². The fourth-order valence-corrected chi connectivity index (χ4v) is 1.81. The van der Waals surface area contributed by atoms with Gasteiger partial charge in [-0.1, -0.05) is 11.6 Å². The van der Waals surface area contributed by atoms with E-state index in [1.165, 1.54) is 5.01 Å². The Morgan fingerprint density at radius 2 is 2.12 bits per heavy atom. The first-order chi connectivity index (χ1) is 8.06. The first-order valence-corrected chi connectivity index (χ1v) is 5.78. The Labute approximate surface area is 109 Å². The molecule has 0 fully saturated rings. The molecule has 0 aromatic heterocycles. The summed E-state index contributed by atoms with van der Waals surface area (Å²) in [5.74, 6) is -0.117. The van der Waals surface area contributed by atoms with Crippen molar-refractivity contribution in [3.05, 3.63) is 29.3 Å². The van der Waals surface area contributed by atoms with Crippen molar-refractivity contribution in [2.75, 3.05) is 5.32 Å². The maximum absolute atomic E-state index is 11.5. The van der Waals surface area contributed by atoms with Gasteiger partial charge in [-0.05, 0) is 43.4 Å². The van der Waals surface area contributed by atoms with Crippen LogP contribution in [0.5, 0.6) is 0 Å². The van der Waals surface area contributed by atoms with Crippen molar-refractivity contribution in [3.8, 4) is 0 Å².